The number of esters is 4. The van der Waals surface area contributed by atoms with Crippen LogP contribution >= 0.6 is 12.2 Å². The molecule has 4 heterocycles. The summed E-state index contributed by atoms with van der Waals surface area (Å²) in [6.45, 7) is 6.07. The summed E-state index contributed by atoms with van der Waals surface area (Å²) in [5.74, 6) is -2.46. The van der Waals surface area contributed by atoms with Gasteiger partial charge in [-0.3, -0.25) is 24.0 Å². The van der Waals surface area contributed by atoms with E-state index in [1.807, 2.05) is 15.5 Å². The van der Waals surface area contributed by atoms with Gasteiger partial charge >= 0.3 is 23.9 Å². The second-order valence-electron chi connectivity index (χ2n) is 10.2. The molecule has 40 heavy (non-hydrogen) atoms. The minimum Gasteiger partial charge on any atom is -0.463 e. The quantitative estimate of drug-likeness (QED) is 0.278. The maximum atomic E-state index is 12.4. The van der Waals surface area contributed by atoms with Crippen molar-refractivity contribution < 1.29 is 42.9 Å². The van der Waals surface area contributed by atoms with Crippen molar-refractivity contribution >= 4 is 41.2 Å². The first kappa shape index (κ1) is 29.5. The molecule has 13 nitrogen and oxygen atoms in total. The molecule has 1 aromatic rings. The number of rotatable bonds is 6. The average molecular weight is 580 g/mol. The highest BCUT2D eigenvalue weighted by Crippen LogP contribution is 2.35. The van der Waals surface area contributed by atoms with Gasteiger partial charge in [-0.05, 0) is 30.6 Å². The lowest BCUT2D eigenvalue weighted by Gasteiger charge is -2.47. The Morgan fingerprint density at radius 2 is 1.57 bits per heavy atom. The largest absolute Gasteiger partial charge is 0.463 e. The Labute approximate surface area is 236 Å². The molecule has 3 aliphatic heterocycles. The van der Waals surface area contributed by atoms with Crippen molar-refractivity contribution in [3.8, 4) is 0 Å². The van der Waals surface area contributed by atoms with Crippen molar-refractivity contribution in [3.05, 3.63) is 34.2 Å². The SMILES string of the molecule is CC(=O)OC[C@H]1O[C@@H](NC(=S)N2C[C@@H]3C[C@@H](C2)c2cccc(=O)n2C3)[C@@H](OC(C)=O)[C@@H](OC(C)=O)[C@@H]1OC(C)=O. The molecule has 1 N–H and O–H groups in total. The van der Waals surface area contributed by atoms with Crippen molar-refractivity contribution in [2.24, 2.45) is 5.92 Å². The molecule has 0 spiro atoms. The Morgan fingerprint density at radius 3 is 2.23 bits per heavy atom. The molecule has 3 aliphatic rings. The minimum atomic E-state index is -1.29. The lowest BCUT2D eigenvalue weighted by atomic mass is 9.83. The summed E-state index contributed by atoms with van der Waals surface area (Å²) in [6, 6.07) is 5.25. The molecule has 2 bridgehead atoms. The zero-order valence-electron chi connectivity index (χ0n) is 22.7. The van der Waals surface area contributed by atoms with Crippen LogP contribution in [0.25, 0.3) is 0 Å². The highest BCUT2D eigenvalue weighted by Gasteiger charge is 2.52. The molecule has 218 valence electrons. The molecule has 0 unspecified atom stereocenters. The molecular weight excluding hydrogens is 546 g/mol. The van der Waals surface area contributed by atoms with Gasteiger partial charge in [0.15, 0.2) is 29.7 Å². The molecule has 4 rings (SSSR count). The monoisotopic (exact) mass is 579 g/mol. The molecule has 2 saturated heterocycles. The number of carbonyl (C=O) groups excluding carboxylic acids is 4. The van der Waals surface area contributed by atoms with Crippen molar-refractivity contribution in [2.75, 3.05) is 19.7 Å². The molecule has 0 amide bonds. The number of ether oxygens (including phenoxy) is 5. The van der Waals surface area contributed by atoms with Gasteiger partial charge in [-0.25, -0.2) is 0 Å². The number of likely N-dealkylation sites (tertiary alicyclic amines) is 1. The van der Waals surface area contributed by atoms with Gasteiger partial charge in [-0.15, -0.1) is 0 Å². The number of pyridine rings is 1. The number of carbonyl (C=O) groups is 4. The summed E-state index contributed by atoms with van der Waals surface area (Å²) in [6.07, 6.45) is -5.11. The smallest absolute Gasteiger partial charge is 0.303 e. The van der Waals surface area contributed by atoms with Crippen LogP contribution in [-0.4, -0.2) is 88.8 Å². The molecular formula is C26H33N3O10S. The summed E-state index contributed by atoms with van der Waals surface area (Å²) in [5, 5.41) is 3.37. The zero-order valence-corrected chi connectivity index (χ0v) is 23.5. The summed E-state index contributed by atoms with van der Waals surface area (Å²) in [4.78, 5) is 62.0. The fourth-order valence-electron chi connectivity index (χ4n) is 5.62. The molecule has 7 atom stereocenters. The van der Waals surface area contributed by atoms with Crippen molar-refractivity contribution in [1.82, 2.24) is 14.8 Å². The van der Waals surface area contributed by atoms with Gasteiger partial charge in [-0.2, -0.15) is 0 Å². The standard InChI is InChI=1S/C26H33N3O10S/c1-13(30)35-12-20-22(36-14(2)31)23(37-15(3)32)24(38-16(4)33)25(39-20)27-26(40)28-9-17-8-18(11-28)19-6-5-7-21(34)29(19)10-17/h5-7,17-18,20,22-25H,8-12H2,1-4H3,(H,27,40)/t17-,18-,20+,22+,23-,24-,25+/m0/s1. The minimum absolute atomic E-state index is 0.0288. The van der Waals surface area contributed by atoms with Crippen molar-refractivity contribution in [3.63, 3.8) is 0 Å². The van der Waals surface area contributed by atoms with Gasteiger partial charge in [0.05, 0.1) is 0 Å². The van der Waals surface area contributed by atoms with E-state index in [0.717, 1.165) is 26.0 Å². The van der Waals surface area contributed by atoms with E-state index >= 15 is 0 Å². The fraction of sp³-hybridized carbons (Fsp3) is 0.615. The number of nitrogens with zero attached hydrogens (tertiary/aromatic N) is 2. The van der Waals surface area contributed by atoms with Crippen molar-refractivity contribution in [1.29, 1.82) is 0 Å². The normalized spacial score (nSPS) is 28.9. The third-order valence-electron chi connectivity index (χ3n) is 7.02. The van der Waals surface area contributed by atoms with Gasteiger partial charge in [0.25, 0.3) is 5.56 Å². The van der Waals surface area contributed by atoms with E-state index < -0.39 is 54.5 Å². The number of piperidine rings is 1. The zero-order chi connectivity index (χ0) is 29.1. The Kier molecular flexibility index (Phi) is 9.08. The van der Waals surface area contributed by atoms with E-state index in [1.54, 1.807) is 12.1 Å². The summed E-state index contributed by atoms with van der Waals surface area (Å²) in [7, 11) is 0. The Hall–Kier alpha value is -3.52. The lowest BCUT2D eigenvalue weighted by molar-refractivity contribution is -0.255. The summed E-state index contributed by atoms with van der Waals surface area (Å²) < 4.78 is 29.4. The van der Waals surface area contributed by atoms with Crippen LogP contribution in [0.4, 0.5) is 0 Å². The van der Waals surface area contributed by atoms with Gasteiger partial charge in [0, 0.05) is 65.0 Å². The highest BCUT2D eigenvalue weighted by molar-refractivity contribution is 7.80. The summed E-state index contributed by atoms with van der Waals surface area (Å²) in [5.41, 5.74) is 0.919. The molecule has 14 heteroatoms. The Balaban J connectivity index is 1.59. The first-order chi connectivity index (χ1) is 18.9. The number of thiocarbonyl (C=S) groups is 1. The molecule has 0 saturated carbocycles. The number of nitrogens with one attached hydrogen (secondary N) is 1. The van der Waals surface area contributed by atoms with Crippen LogP contribution in [0.15, 0.2) is 23.0 Å². The first-order valence-corrected chi connectivity index (χ1v) is 13.4. The predicted molar refractivity (Wildman–Crippen MR) is 141 cm³/mol. The van der Waals surface area contributed by atoms with Crippen LogP contribution in [0.1, 0.15) is 45.7 Å². The topological polar surface area (TPSA) is 152 Å². The number of hydrogen-bond donors (Lipinski definition) is 1. The van der Waals surface area contributed by atoms with E-state index in [0.29, 0.717) is 24.7 Å². The van der Waals surface area contributed by atoms with Crippen LogP contribution in [0, 0.1) is 5.92 Å². The third kappa shape index (κ3) is 6.78. The van der Waals surface area contributed by atoms with E-state index in [4.69, 9.17) is 35.9 Å². The Morgan fingerprint density at radius 1 is 0.925 bits per heavy atom. The maximum absolute atomic E-state index is 12.4. The number of fused-ring (bicyclic) bond motifs is 4. The van der Waals surface area contributed by atoms with E-state index in [1.165, 1.54) is 13.8 Å². The van der Waals surface area contributed by atoms with E-state index in [-0.39, 0.29) is 24.0 Å². The van der Waals surface area contributed by atoms with Crippen LogP contribution in [0.3, 0.4) is 0 Å². The van der Waals surface area contributed by atoms with Crippen LogP contribution in [-0.2, 0) is 49.4 Å². The lowest BCUT2D eigenvalue weighted by Crippen LogP contribution is -2.67. The van der Waals surface area contributed by atoms with Crippen LogP contribution in [0.2, 0.25) is 0 Å². The average Bonchev–Trinajstić information content (AvgIpc) is 2.86. The van der Waals surface area contributed by atoms with Gasteiger partial charge in [0.1, 0.15) is 12.7 Å². The fourth-order valence-corrected chi connectivity index (χ4v) is 5.89. The van der Waals surface area contributed by atoms with Crippen molar-refractivity contribution in [2.45, 2.75) is 77.2 Å². The second-order valence-corrected chi connectivity index (χ2v) is 10.6. The van der Waals surface area contributed by atoms with Gasteiger partial charge in [-0.1, -0.05) is 6.07 Å². The molecule has 2 fully saturated rings. The van der Waals surface area contributed by atoms with Crippen LogP contribution in [0.5, 0.6) is 0 Å². The molecule has 0 radical (unpaired) electrons. The maximum Gasteiger partial charge on any atom is 0.303 e. The Bertz CT molecular complexity index is 1240. The predicted octanol–water partition coefficient (Wildman–Crippen LogP) is 0.225. The number of hydrogen-bond acceptors (Lipinski definition) is 11. The highest BCUT2D eigenvalue weighted by atomic mass is 32.1. The van der Waals surface area contributed by atoms with E-state index in [2.05, 4.69) is 5.32 Å². The molecule has 0 aliphatic carbocycles. The molecule has 1 aromatic heterocycles. The second kappa shape index (κ2) is 12.3. The van der Waals surface area contributed by atoms with Gasteiger partial charge in [0.2, 0.25) is 0 Å². The number of aromatic nitrogens is 1. The summed E-state index contributed by atoms with van der Waals surface area (Å²) >= 11 is 5.74. The van der Waals surface area contributed by atoms with E-state index in [9.17, 15) is 24.0 Å². The van der Waals surface area contributed by atoms with Gasteiger partial charge < -0.3 is 38.5 Å². The third-order valence-corrected chi connectivity index (χ3v) is 7.40. The molecule has 0 aromatic carbocycles. The first-order valence-electron chi connectivity index (χ1n) is 13.0. The van der Waals surface area contributed by atoms with Crippen LogP contribution < -0.4 is 10.9 Å².